The van der Waals surface area contributed by atoms with E-state index in [1.807, 2.05) is 12.1 Å². The maximum Gasteiger partial charge on any atom is 0.321 e. The zero-order chi connectivity index (χ0) is 18.8. The van der Waals surface area contributed by atoms with Gasteiger partial charge in [0.2, 0.25) is 5.91 Å². The van der Waals surface area contributed by atoms with Crippen molar-refractivity contribution in [2.24, 2.45) is 0 Å². The van der Waals surface area contributed by atoms with Crippen LogP contribution in [0.1, 0.15) is 23.5 Å². The molecule has 3 aromatic rings. The number of aromatic hydroxyl groups is 1. The predicted octanol–water partition coefficient (Wildman–Crippen LogP) is 3.46. The number of carbonyl (C=O) groups is 1. The molecule has 0 fully saturated rings. The summed E-state index contributed by atoms with van der Waals surface area (Å²) in [4.78, 5) is 20.2. The van der Waals surface area contributed by atoms with Gasteiger partial charge in [0.15, 0.2) is 11.5 Å². The van der Waals surface area contributed by atoms with Gasteiger partial charge in [0.05, 0.1) is 7.11 Å². The van der Waals surface area contributed by atoms with E-state index in [4.69, 9.17) is 9.47 Å². The highest BCUT2D eigenvalue weighted by Crippen LogP contribution is 2.42. The van der Waals surface area contributed by atoms with Crippen LogP contribution in [-0.4, -0.2) is 28.1 Å². The van der Waals surface area contributed by atoms with Crippen molar-refractivity contribution in [3.63, 3.8) is 0 Å². The zero-order valence-electron chi connectivity index (χ0n) is 14.5. The molecule has 27 heavy (non-hydrogen) atoms. The Balaban J connectivity index is 1.64. The average Bonchev–Trinajstić information content (AvgIpc) is 2.69. The molecule has 0 saturated carbocycles. The van der Waals surface area contributed by atoms with Crippen LogP contribution in [0.3, 0.4) is 0 Å². The Bertz CT molecular complexity index is 975. The molecule has 1 aliphatic heterocycles. The minimum absolute atomic E-state index is 0.0404. The summed E-state index contributed by atoms with van der Waals surface area (Å²) in [7, 11) is 1.47. The Morgan fingerprint density at radius 1 is 1.15 bits per heavy atom. The highest BCUT2D eigenvalue weighted by atomic mass is 16.5. The number of phenols is 1. The molecule has 2 heterocycles. The number of hydrogen-bond donors (Lipinski definition) is 2. The number of benzene rings is 2. The molecule has 0 aliphatic carbocycles. The van der Waals surface area contributed by atoms with E-state index in [1.54, 1.807) is 42.7 Å². The predicted molar refractivity (Wildman–Crippen MR) is 98.3 cm³/mol. The molecular formula is C20H17N3O4. The number of phenolic OH excluding ortho intramolecular Hbond substituents is 1. The van der Waals surface area contributed by atoms with Gasteiger partial charge in [0, 0.05) is 36.5 Å². The van der Waals surface area contributed by atoms with Crippen LogP contribution in [0.2, 0.25) is 0 Å². The maximum absolute atomic E-state index is 12.1. The van der Waals surface area contributed by atoms with Gasteiger partial charge in [-0.25, -0.2) is 9.97 Å². The third kappa shape index (κ3) is 3.39. The van der Waals surface area contributed by atoms with Crippen molar-refractivity contribution in [2.45, 2.75) is 12.3 Å². The second-order valence-corrected chi connectivity index (χ2v) is 6.12. The summed E-state index contributed by atoms with van der Waals surface area (Å²) in [6, 6.07) is 12.7. The van der Waals surface area contributed by atoms with Crippen molar-refractivity contribution in [3.05, 3.63) is 66.0 Å². The van der Waals surface area contributed by atoms with Gasteiger partial charge < -0.3 is 19.9 Å². The lowest BCUT2D eigenvalue weighted by molar-refractivity contribution is -0.116. The number of fused-ring (bicyclic) bond motifs is 1. The number of amides is 1. The zero-order valence-corrected chi connectivity index (χ0v) is 14.5. The minimum atomic E-state index is -0.174. The Kier molecular flexibility index (Phi) is 4.33. The van der Waals surface area contributed by atoms with Gasteiger partial charge in [0.25, 0.3) is 0 Å². The standard InChI is InChI=1S/C20H17N3O4/c1-26-18-11-16-15(9-17(18)24)14(10-19(25)23-16)12-3-5-13(6-4-12)27-20-21-7-2-8-22-20/h2-9,11,14,24H,10H2,1H3,(H,23,25). The third-order valence-electron chi connectivity index (χ3n) is 4.42. The van der Waals surface area contributed by atoms with Crippen LogP contribution in [0.15, 0.2) is 54.9 Å². The van der Waals surface area contributed by atoms with Crippen LogP contribution in [0.4, 0.5) is 5.69 Å². The van der Waals surface area contributed by atoms with Crippen molar-refractivity contribution < 1.29 is 19.4 Å². The number of carbonyl (C=O) groups excluding carboxylic acids is 1. The van der Waals surface area contributed by atoms with E-state index >= 15 is 0 Å². The molecule has 0 radical (unpaired) electrons. The Morgan fingerprint density at radius 3 is 2.59 bits per heavy atom. The second kappa shape index (κ2) is 6.95. The Hall–Kier alpha value is -3.61. The molecule has 1 unspecified atom stereocenters. The summed E-state index contributed by atoms with van der Waals surface area (Å²) in [6.07, 6.45) is 3.50. The molecule has 136 valence electrons. The fraction of sp³-hybridized carbons (Fsp3) is 0.150. The molecule has 0 bridgehead atoms. The number of methoxy groups -OCH3 is 1. The molecule has 1 aromatic heterocycles. The normalized spacial score (nSPS) is 15.6. The molecule has 7 nitrogen and oxygen atoms in total. The first kappa shape index (κ1) is 16.8. The summed E-state index contributed by atoms with van der Waals surface area (Å²) in [5.41, 5.74) is 2.42. The highest BCUT2D eigenvalue weighted by molar-refractivity contribution is 5.96. The van der Waals surface area contributed by atoms with Gasteiger partial charge in [-0.1, -0.05) is 12.1 Å². The van der Waals surface area contributed by atoms with E-state index in [-0.39, 0.29) is 23.6 Å². The monoisotopic (exact) mass is 363 g/mol. The average molecular weight is 363 g/mol. The smallest absolute Gasteiger partial charge is 0.321 e. The van der Waals surface area contributed by atoms with Crippen LogP contribution < -0.4 is 14.8 Å². The van der Waals surface area contributed by atoms with E-state index in [9.17, 15) is 9.90 Å². The van der Waals surface area contributed by atoms with Crippen molar-refractivity contribution in [1.29, 1.82) is 0 Å². The first-order chi connectivity index (χ1) is 13.1. The molecule has 4 rings (SSSR count). The summed E-state index contributed by atoms with van der Waals surface area (Å²) in [5, 5.41) is 13.0. The summed E-state index contributed by atoms with van der Waals surface area (Å²) < 4.78 is 10.7. The number of hydrogen-bond acceptors (Lipinski definition) is 6. The lowest BCUT2D eigenvalue weighted by atomic mass is 9.84. The Morgan fingerprint density at radius 2 is 1.89 bits per heavy atom. The van der Waals surface area contributed by atoms with Crippen molar-refractivity contribution >= 4 is 11.6 Å². The number of rotatable bonds is 4. The van der Waals surface area contributed by atoms with Gasteiger partial charge in [0.1, 0.15) is 5.75 Å². The van der Waals surface area contributed by atoms with Crippen molar-refractivity contribution in [2.75, 3.05) is 12.4 Å². The Labute approximate surface area is 155 Å². The largest absolute Gasteiger partial charge is 0.504 e. The topological polar surface area (TPSA) is 93.6 Å². The SMILES string of the molecule is COc1cc2c(cc1O)C(c1ccc(Oc3ncccn3)cc1)CC(=O)N2. The molecular weight excluding hydrogens is 346 g/mol. The quantitative estimate of drug-likeness (QED) is 0.690. The van der Waals surface area contributed by atoms with Crippen LogP contribution in [0.25, 0.3) is 0 Å². The van der Waals surface area contributed by atoms with E-state index < -0.39 is 0 Å². The van der Waals surface area contributed by atoms with Gasteiger partial charge >= 0.3 is 6.01 Å². The van der Waals surface area contributed by atoms with Gasteiger partial charge in [-0.2, -0.15) is 0 Å². The van der Waals surface area contributed by atoms with Gasteiger partial charge in [-0.05, 0) is 35.4 Å². The molecule has 2 N–H and O–H groups in total. The summed E-state index contributed by atoms with van der Waals surface area (Å²) in [5.74, 6) is 0.703. The molecule has 2 aromatic carbocycles. The first-order valence-electron chi connectivity index (χ1n) is 8.39. The lowest BCUT2D eigenvalue weighted by Gasteiger charge is -2.27. The fourth-order valence-corrected chi connectivity index (χ4v) is 3.15. The fourth-order valence-electron chi connectivity index (χ4n) is 3.15. The molecule has 7 heteroatoms. The highest BCUT2D eigenvalue weighted by Gasteiger charge is 2.28. The van der Waals surface area contributed by atoms with E-state index in [0.29, 0.717) is 23.6 Å². The molecule has 1 amide bonds. The first-order valence-corrected chi connectivity index (χ1v) is 8.39. The van der Waals surface area contributed by atoms with Crippen molar-refractivity contribution in [3.8, 4) is 23.3 Å². The summed E-state index contributed by atoms with van der Waals surface area (Å²) >= 11 is 0. The number of nitrogens with one attached hydrogen (secondary N) is 1. The van der Waals surface area contributed by atoms with E-state index in [1.165, 1.54) is 7.11 Å². The number of nitrogens with zero attached hydrogens (tertiary/aromatic N) is 2. The summed E-state index contributed by atoms with van der Waals surface area (Å²) in [6.45, 7) is 0. The number of anilines is 1. The number of aromatic nitrogens is 2. The molecule has 1 aliphatic rings. The third-order valence-corrected chi connectivity index (χ3v) is 4.42. The van der Waals surface area contributed by atoms with Gasteiger partial charge in [-0.15, -0.1) is 0 Å². The van der Waals surface area contributed by atoms with E-state index in [0.717, 1.165) is 11.1 Å². The van der Waals surface area contributed by atoms with E-state index in [2.05, 4.69) is 15.3 Å². The van der Waals surface area contributed by atoms with Crippen LogP contribution >= 0.6 is 0 Å². The molecule has 0 spiro atoms. The second-order valence-electron chi connectivity index (χ2n) is 6.12. The lowest BCUT2D eigenvalue weighted by Crippen LogP contribution is -2.23. The van der Waals surface area contributed by atoms with Crippen LogP contribution in [0, 0.1) is 0 Å². The minimum Gasteiger partial charge on any atom is -0.504 e. The van der Waals surface area contributed by atoms with Gasteiger partial charge in [-0.3, -0.25) is 4.79 Å². The molecule has 0 saturated heterocycles. The number of ether oxygens (including phenoxy) is 2. The van der Waals surface area contributed by atoms with Crippen LogP contribution in [-0.2, 0) is 4.79 Å². The van der Waals surface area contributed by atoms with Crippen molar-refractivity contribution in [1.82, 2.24) is 9.97 Å². The van der Waals surface area contributed by atoms with Crippen LogP contribution in [0.5, 0.6) is 23.3 Å². The maximum atomic E-state index is 12.1. The molecule has 1 atom stereocenters.